The first-order valence-electron chi connectivity index (χ1n) is 11.3. The van der Waals surface area contributed by atoms with Crippen LogP contribution in [-0.2, 0) is 6.61 Å². The Balaban J connectivity index is 1.29. The molecule has 1 amide bonds. The molecule has 5 rings (SSSR count). The lowest BCUT2D eigenvalue weighted by atomic mass is 10.1. The van der Waals surface area contributed by atoms with Gasteiger partial charge in [-0.1, -0.05) is 71.8 Å². The van der Waals surface area contributed by atoms with Crippen LogP contribution in [0.5, 0.6) is 11.5 Å². The van der Waals surface area contributed by atoms with Gasteiger partial charge in [-0.3, -0.25) is 4.79 Å². The summed E-state index contributed by atoms with van der Waals surface area (Å²) in [4.78, 5) is 12.6. The highest BCUT2D eigenvalue weighted by Gasteiger charge is 2.14. The Bertz CT molecular complexity index is 1610. The molecule has 1 aromatic heterocycles. The van der Waals surface area contributed by atoms with Crippen molar-refractivity contribution < 1.29 is 18.7 Å². The molecule has 36 heavy (non-hydrogen) atoms. The van der Waals surface area contributed by atoms with Crippen LogP contribution in [0.3, 0.4) is 0 Å². The number of nitrogens with one attached hydrogen (secondary N) is 1. The number of carbonyl (C=O) groups is 1. The summed E-state index contributed by atoms with van der Waals surface area (Å²) in [7, 11) is 1.54. The van der Waals surface area contributed by atoms with E-state index in [-0.39, 0.29) is 5.76 Å². The van der Waals surface area contributed by atoms with Crippen molar-refractivity contribution >= 4 is 45.5 Å². The van der Waals surface area contributed by atoms with Crippen LogP contribution in [0.25, 0.3) is 21.7 Å². The zero-order valence-corrected chi connectivity index (χ0v) is 20.5. The third kappa shape index (κ3) is 4.90. The first kappa shape index (κ1) is 23.5. The second kappa shape index (κ2) is 10.1. The van der Waals surface area contributed by atoms with E-state index < -0.39 is 5.91 Å². The summed E-state index contributed by atoms with van der Waals surface area (Å²) in [5.74, 6) is 0.625. The molecule has 0 atom stereocenters. The number of hydrogen-bond acceptors (Lipinski definition) is 5. The number of aryl methyl sites for hydroxylation is 1. The highest BCUT2D eigenvalue weighted by molar-refractivity contribution is 6.32. The van der Waals surface area contributed by atoms with Crippen molar-refractivity contribution in [3.8, 4) is 11.5 Å². The summed E-state index contributed by atoms with van der Waals surface area (Å²) in [6.45, 7) is 2.38. The Morgan fingerprint density at radius 2 is 1.89 bits per heavy atom. The number of fused-ring (bicyclic) bond motifs is 3. The molecule has 4 aromatic carbocycles. The molecule has 1 N–H and O–H groups in total. The van der Waals surface area contributed by atoms with Gasteiger partial charge in [0.15, 0.2) is 17.3 Å². The molecule has 0 aliphatic rings. The molecule has 0 bridgehead atoms. The van der Waals surface area contributed by atoms with Gasteiger partial charge in [0.05, 0.1) is 18.3 Å². The number of carbonyl (C=O) groups excluding carboxylic acids is 1. The van der Waals surface area contributed by atoms with E-state index >= 15 is 0 Å². The second-order valence-corrected chi connectivity index (χ2v) is 8.73. The molecular weight excluding hydrogens is 476 g/mol. The molecule has 0 radical (unpaired) electrons. The van der Waals surface area contributed by atoms with Gasteiger partial charge in [0.25, 0.3) is 0 Å². The molecule has 0 spiro atoms. The monoisotopic (exact) mass is 498 g/mol. The minimum Gasteiger partial charge on any atom is -0.493 e. The predicted molar refractivity (Wildman–Crippen MR) is 142 cm³/mol. The smallest absolute Gasteiger partial charge is 0.307 e. The summed E-state index contributed by atoms with van der Waals surface area (Å²) in [5.41, 5.74) is 5.96. The number of furan rings is 1. The van der Waals surface area contributed by atoms with E-state index in [1.165, 1.54) is 6.21 Å². The van der Waals surface area contributed by atoms with Crippen LogP contribution in [0.4, 0.5) is 0 Å². The predicted octanol–water partition coefficient (Wildman–Crippen LogP) is 6.90. The molecule has 5 aromatic rings. The van der Waals surface area contributed by atoms with Gasteiger partial charge in [-0.2, -0.15) is 5.10 Å². The Hall–Kier alpha value is -4.29. The van der Waals surface area contributed by atoms with Gasteiger partial charge in [0.2, 0.25) is 0 Å². The van der Waals surface area contributed by atoms with Gasteiger partial charge in [-0.25, -0.2) is 5.43 Å². The lowest BCUT2D eigenvalue weighted by Crippen LogP contribution is -2.16. The van der Waals surface area contributed by atoms with E-state index in [9.17, 15) is 4.79 Å². The van der Waals surface area contributed by atoms with Gasteiger partial charge < -0.3 is 13.9 Å². The number of amides is 1. The molecule has 0 aliphatic heterocycles. The van der Waals surface area contributed by atoms with Crippen molar-refractivity contribution in [3.05, 3.63) is 106 Å². The summed E-state index contributed by atoms with van der Waals surface area (Å²) < 4.78 is 17.1. The lowest BCUT2D eigenvalue weighted by Gasteiger charge is -2.13. The number of hydrazone groups is 1. The topological polar surface area (TPSA) is 73.1 Å². The molecule has 7 heteroatoms. The summed E-state index contributed by atoms with van der Waals surface area (Å²) >= 11 is 6.47. The number of halogens is 1. The summed E-state index contributed by atoms with van der Waals surface area (Å²) in [6, 6.07) is 25.0. The highest BCUT2D eigenvalue weighted by atomic mass is 35.5. The second-order valence-electron chi connectivity index (χ2n) is 8.32. The van der Waals surface area contributed by atoms with Crippen LogP contribution in [0.15, 0.2) is 88.4 Å². The quantitative estimate of drug-likeness (QED) is 0.196. The van der Waals surface area contributed by atoms with E-state index in [1.54, 1.807) is 25.3 Å². The molecule has 6 nitrogen and oxygen atoms in total. The van der Waals surface area contributed by atoms with Gasteiger partial charge in [-0.15, -0.1) is 0 Å². The Labute approximate surface area is 213 Å². The fourth-order valence-electron chi connectivity index (χ4n) is 4.04. The Kier molecular flexibility index (Phi) is 6.60. The Morgan fingerprint density at radius 3 is 2.72 bits per heavy atom. The summed E-state index contributed by atoms with van der Waals surface area (Å²) in [6.07, 6.45) is 1.48. The minimum absolute atomic E-state index is 0.175. The zero-order chi connectivity index (χ0) is 25.1. The molecule has 1 heterocycles. The van der Waals surface area contributed by atoms with Crippen molar-refractivity contribution in [2.75, 3.05) is 7.11 Å². The lowest BCUT2D eigenvalue weighted by molar-refractivity contribution is 0.0929. The maximum atomic E-state index is 12.6. The van der Waals surface area contributed by atoms with Gasteiger partial charge >= 0.3 is 5.91 Å². The zero-order valence-electron chi connectivity index (χ0n) is 19.7. The van der Waals surface area contributed by atoms with Crippen molar-refractivity contribution in [1.82, 2.24) is 5.43 Å². The molecular formula is C29H23ClN2O4. The average Bonchev–Trinajstić information content (AvgIpc) is 3.33. The number of benzene rings is 4. The van der Waals surface area contributed by atoms with Crippen molar-refractivity contribution in [2.45, 2.75) is 13.5 Å². The average molecular weight is 499 g/mol. The van der Waals surface area contributed by atoms with Crippen LogP contribution >= 0.6 is 11.6 Å². The molecule has 0 saturated heterocycles. The van der Waals surface area contributed by atoms with Crippen LogP contribution in [0.1, 0.15) is 27.2 Å². The largest absolute Gasteiger partial charge is 0.493 e. The summed E-state index contributed by atoms with van der Waals surface area (Å²) in [5, 5.41) is 7.41. The van der Waals surface area contributed by atoms with Crippen molar-refractivity contribution in [1.29, 1.82) is 0 Å². The number of methoxy groups -OCH3 is 1. The van der Waals surface area contributed by atoms with Crippen LogP contribution < -0.4 is 14.9 Å². The van der Waals surface area contributed by atoms with Crippen molar-refractivity contribution in [2.24, 2.45) is 5.10 Å². The van der Waals surface area contributed by atoms with E-state index in [0.717, 1.165) is 27.3 Å². The minimum atomic E-state index is -0.456. The first-order chi connectivity index (χ1) is 17.5. The van der Waals surface area contributed by atoms with E-state index in [4.69, 9.17) is 25.5 Å². The van der Waals surface area contributed by atoms with Gasteiger partial charge in [-0.05, 0) is 53.1 Å². The fourth-order valence-corrected chi connectivity index (χ4v) is 4.31. The van der Waals surface area contributed by atoms with E-state index in [0.29, 0.717) is 34.3 Å². The van der Waals surface area contributed by atoms with Gasteiger partial charge in [0.1, 0.15) is 12.2 Å². The number of nitrogens with zero attached hydrogens (tertiary/aromatic N) is 1. The standard InChI is InChI=1S/C29H23ClN2O4/c1-18-6-5-7-19(12-18)17-35-28-24(30)13-20(14-26(28)34-2)16-31-32-29(33)27-15-23-22-9-4-3-8-21(22)10-11-25(23)36-27/h3-16H,17H2,1-2H3,(H,32,33)/b31-16+. The third-order valence-electron chi connectivity index (χ3n) is 5.75. The first-order valence-corrected chi connectivity index (χ1v) is 11.7. The van der Waals surface area contributed by atoms with Crippen LogP contribution in [0, 0.1) is 6.92 Å². The van der Waals surface area contributed by atoms with Crippen molar-refractivity contribution in [3.63, 3.8) is 0 Å². The molecule has 0 aliphatic carbocycles. The number of rotatable bonds is 7. The Morgan fingerprint density at radius 1 is 1.03 bits per heavy atom. The maximum Gasteiger partial charge on any atom is 0.307 e. The molecule has 0 fully saturated rings. The molecule has 0 unspecified atom stereocenters. The van der Waals surface area contributed by atoms with Crippen LogP contribution in [0.2, 0.25) is 5.02 Å². The van der Waals surface area contributed by atoms with Crippen LogP contribution in [-0.4, -0.2) is 19.2 Å². The molecule has 180 valence electrons. The van der Waals surface area contributed by atoms with E-state index in [1.807, 2.05) is 61.5 Å². The SMILES string of the molecule is COc1cc(/C=N/NC(=O)c2cc3c(ccc4ccccc43)o2)cc(Cl)c1OCc1cccc(C)c1. The normalized spacial score (nSPS) is 11.3. The molecule has 0 saturated carbocycles. The van der Waals surface area contributed by atoms with Gasteiger partial charge in [0, 0.05) is 5.39 Å². The fraction of sp³-hybridized carbons (Fsp3) is 0.103. The van der Waals surface area contributed by atoms with E-state index in [2.05, 4.69) is 16.6 Å². The maximum absolute atomic E-state index is 12.6. The third-order valence-corrected chi connectivity index (χ3v) is 6.03. The highest BCUT2D eigenvalue weighted by Crippen LogP contribution is 2.36. The number of ether oxygens (including phenoxy) is 2. The number of hydrogen-bond donors (Lipinski definition) is 1.